The molecule has 0 radical (unpaired) electrons. The number of benzene rings is 3. The van der Waals surface area contributed by atoms with Gasteiger partial charge in [-0.2, -0.15) is 5.10 Å². The summed E-state index contributed by atoms with van der Waals surface area (Å²) in [5.41, 5.74) is 5.64. The number of rotatable bonds is 9. The first-order chi connectivity index (χ1) is 19.5. The third-order valence-electron chi connectivity index (χ3n) is 6.09. The summed E-state index contributed by atoms with van der Waals surface area (Å²) in [5, 5.41) is 5.07. The third-order valence-corrected chi connectivity index (χ3v) is 8.03. The fourth-order valence-corrected chi connectivity index (χ4v) is 6.16. The summed E-state index contributed by atoms with van der Waals surface area (Å²) in [4.78, 5) is 33.2. The van der Waals surface area contributed by atoms with E-state index >= 15 is 0 Å². The van der Waals surface area contributed by atoms with Crippen LogP contribution in [-0.4, -0.2) is 41.6 Å². The van der Waals surface area contributed by atoms with Crippen LogP contribution in [0.25, 0.3) is 27.0 Å². The number of aryl methyl sites for hydroxylation is 1. The van der Waals surface area contributed by atoms with E-state index in [0.29, 0.717) is 32.6 Å². The number of methoxy groups -OCH3 is 2. The molecule has 5 aromatic rings. The van der Waals surface area contributed by atoms with Crippen molar-refractivity contribution < 1.29 is 14.3 Å². The van der Waals surface area contributed by atoms with Gasteiger partial charge in [0.05, 0.1) is 37.3 Å². The number of carbonyl (C=O) groups is 1. The number of hydrogen-bond donors (Lipinski definition) is 1. The topological polar surface area (TPSA) is 94.8 Å². The van der Waals surface area contributed by atoms with Gasteiger partial charge in [0.15, 0.2) is 16.7 Å². The first-order valence-corrected chi connectivity index (χ1v) is 14.1. The first-order valence-electron chi connectivity index (χ1n) is 12.3. The summed E-state index contributed by atoms with van der Waals surface area (Å²) in [5.74, 6) is 0.853. The molecule has 0 bridgehead atoms. The minimum absolute atomic E-state index is 0.0178. The van der Waals surface area contributed by atoms with Crippen LogP contribution in [-0.2, 0) is 4.79 Å². The highest BCUT2D eigenvalue weighted by Gasteiger charge is 2.21. The maximum absolute atomic E-state index is 14.0. The molecule has 2 aromatic heterocycles. The molecule has 0 aliphatic carbocycles. The lowest BCUT2D eigenvalue weighted by atomic mass is 10.0. The van der Waals surface area contributed by atoms with Crippen molar-refractivity contribution in [2.24, 2.45) is 5.10 Å². The van der Waals surface area contributed by atoms with Crippen LogP contribution in [0.5, 0.6) is 11.5 Å². The second-order valence-corrected chi connectivity index (χ2v) is 10.8. The van der Waals surface area contributed by atoms with Crippen molar-refractivity contribution in [2.75, 3.05) is 20.0 Å². The summed E-state index contributed by atoms with van der Waals surface area (Å²) in [7, 11) is 3.12. The van der Waals surface area contributed by atoms with Crippen molar-refractivity contribution in [3.8, 4) is 28.3 Å². The van der Waals surface area contributed by atoms with Crippen LogP contribution in [0, 0.1) is 6.92 Å². The van der Waals surface area contributed by atoms with Gasteiger partial charge in [0.1, 0.15) is 4.83 Å². The van der Waals surface area contributed by atoms with Crippen LogP contribution < -0.4 is 20.5 Å². The Kier molecular flexibility index (Phi) is 8.28. The predicted molar refractivity (Wildman–Crippen MR) is 161 cm³/mol. The van der Waals surface area contributed by atoms with Crippen molar-refractivity contribution in [2.45, 2.75) is 12.1 Å². The maximum Gasteiger partial charge on any atom is 0.268 e. The Morgan fingerprint density at radius 2 is 1.73 bits per heavy atom. The van der Waals surface area contributed by atoms with E-state index < -0.39 is 0 Å². The van der Waals surface area contributed by atoms with E-state index in [1.54, 1.807) is 37.0 Å². The highest BCUT2D eigenvalue weighted by molar-refractivity contribution is 7.99. The van der Waals surface area contributed by atoms with Crippen molar-refractivity contribution in [3.05, 3.63) is 99.7 Å². The fraction of sp³-hybridized carbons (Fsp3) is 0.133. The van der Waals surface area contributed by atoms with Gasteiger partial charge in [-0.15, -0.1) is 11.3 Å². The zero-order valence-corrected chi connectivity index (χ0v) is 23.7. The number of amides is 1. The predicted octanol–water partition coefficient (Wildman–Crippen LogP) is 5.68. The smallest absolute Gasteiger partial charge is 0.268 e. The van der Waals surface area contributed by atoms with Crippen molar-refractivity contribution in [3.63, 3.8) is 0 Å². The number of aromatic nitrogens is 2. The van der Waals surface area contributed by atoms with Gasteiger partial charge in [-0.3, -0.25) is 14.2 Å². The third kappa shape index (κ3) is 5.63. The van der Waals surface area contributed by atoms with Gasteiger partial charge in [-0.25, -0.2) is 10.4 Å². The average molecular weight is 571 g/mol. The van der Waals surface area contributed by atoms with Crippen LogP contribution in [0.2, 0.25) is 0 Å². The van der Waals surface area contributed by atoms with Crippen LogP contribution in [0.1, 0.15) is 10.4 Å². The summed E-state index contributed by atoms with van der Waals surface area (Å²) >= 11 is 2.66. The van der Waals surface area contributed by atoms with Gasteiger partial charge in [-0.05, 0) is 48.4 Å². The Hall–Kier alpha value is -4.41. The highest BCUT2D eigenvalue weighted by atomic mass is 32.2. The van der Waals surface area contributed by atoms with Crippen molar-refractivity contribution in [1.82, 2.24) is 15.0 Å². The quantitative estimate of drug-likeness (QED) is 0.106. The van der Waals surface area contributed by atoms with Crippen LogP contribution in [0.15, 0.2) is 93.9 Å². The molecule has 8 nitrogen and oxygen atoms in total. The molecule has 0 atom stereocenters. The molecular formula is C30H26N4O4S2. The number of nitrogens with zero attached hydrogens (tertiary/aromatic N) is 3. The molecule has 2 heterocycles. The molecule has 0 aliphatic rings. The highest BCUT2D eigenvalue weighted by Crippen LogP contribution is 2.37. The van der Waals surface area contributed by atoms with E-state index in [0.717, 1.165) is 21.6 Å². The lowest BCUT2D eigenvalue weighted by Crippen LogP contribution is -2.24. The second-order valence-electron chi connectivity index (χ2n) is 8.65. The zero-order chi connectivity index (χ0) is 28.1. The number of carbonyl (C=O) groups excluding carboxylic acids is 1. The van der Waals surface area contributed by atoms with E-state index in [9.17, 15) is 9.59 Å². The Labute approximate surface area is 239 Å². The molecule has 40 heavy (non-hydrogen) atoms. The van der Waals surface area contributed by atoms with Gasteiger partial charge < -0.3 is 9.47 Å². The number of fused-ring (bicyclic) bond motifs is 1. The Bertz CT molecular complexity index is 1750. The van der Waals surface area contributed by atoms with E-state index in [1.165, 1.54) is 29.3 Å². The molecule has 3 aromatic carbocycles. The van der Waals surface area contributed by atoms with E-state index in [2.05, 4.69) is 10.5 Å². The Morgan fingerprint density at radius 1 is 1.02 bits per heavy atom. The van der Waals surface area contributed by atoms with Gasteiger partial charge in [-0.1, -0.05) is 60.3 Å². The number of hydrazone groups is 1. The molecule has 0 spiro atoms. The number of hydrogen-bond acceptors (Lipinski definition) is 8. The summed E-state index contributed by atoms with van der Waals surface area (Å²) in [6.07, 6.45) is 1.52. The molecule has 202 valence electrons. The molecule has 10 heteroatoms. The van der Waals surface area contributed by atoms with Crippen LogP contribution in [0.3, 0.4) is 0 Å². The van der Waals surface area contributed by atoms with Gasteiger partial charge in [0.25, 0.3) is 11.5 Å². The largest absolute Gasteiger partial charge is 0.493 e. The molecule has 0 unspecified atom stereocenters. The molecule has 1 N–H and O–H groups in total. The molecule has 1 amide bonds. The zero-order valence-electron chi connectivity index (χ0n) is 22.1. The normalized spacial score (nSPS) is 11.2. The standard InChI is InChI=1S/C30H26N4O4S2/c1-19-26(21-10-6-4-7-11-21)27-28(40-19)32-30(34(29(27)36)22-12-8-5-9-13-22)39-18-25(35)33-31-17-20-14-15-23(37-2)24(16-20)38-3/h4-17H,18H2,1-3H3,(H,33,35)/b31-17+. The Balaban J connectivity index is 1.42. The molecule has 0 aliphatic heterocycles. The number of para-hydroxylation sites is 1. The van der Waals surface area contributed by atoms with Crippen LogP contribution >= 0.6 is 23.1 Å². The van der Waals surface area contributed by atoms with Crippen molar-refractivity contribution >= 4 is 45.4 Å². The SMILES string of the molecule is COc1ccc(/C=N/NC(=O)CSc2nc3sc(C)c(-c4ccccc4)c3c(=O)n2-c2ccccc2)cc1OC. The van der Waals surface area contributed by atoms with Crippen LogP contribution in [0.4, 0.5) is 0 Å². The number of thioether (sulfide) groups is 1. The molecule has 0 saturated heterocycles. The fourth-order valence-electron chi connectivity index (χ4n) is 4.27. The molecular weight excluding hydrogens is 544 g/mol. The summed E-state index contributed by atoms with van der Waals surface area (Å²) in [6, 6.07) is 24.5. The second kappa shape index (κ2) is 12.2. The molecule has 0 saturated carbocycles. The minimum Gasteiger partial charge on any atom is -0.493 e. The van der Waals surface area contributed by atoms with Gasteiger partial charge >= 0.3 is 0 Å². The summed E-state index contributed by atoms with van der Waals surface area (Å²) in [6.45, 7) is 2.00. The van der Waals surface area contributed by atoms with Crippen molar-refractivity contribution in [1.29, 1.82) is 0 Å². The molecule has 0 fully saturated rings. The van der Waals surface area contributed by atoms with E-state index in [-0.39, 0.29) is 17.2 Å². The van der Waals surface area contributed by atoms with Gasteiger partial charge in [0, 0.05) is 10.4 Å². The minimum atomic E-state index is -0.331. The van der Waals surface area contributed by atoms with E-state index in [1.807, 2.05) is 67.6 Å². The van der Waals surface area contributed by atoms with Gasteiger partial charge in [0.2, 0.25) is 0 Å². The van der Waals surface area contributed by atoms with E-state index in [4.69, 9.17) is 14.5 Å². The first kappa shape index (κ1) is 27.2. The molecule has 5 rings (SSSR count). The number of thiophene rings is 1. The number of nitrogens with one attached hydrogen (secondary N) is 1. The number of ether oxygens (including phenoxy) is 2. The Morgan fingerprint density at radius 3 is 2.42 bits per heavy atom. The maximum atomic E-state index is 14.0. The average Bonchev–Trinajstić information content (AvgIpc) is 3.32. The lowest BCUT2D eigenvalue weighted by molar-refractivity contribution is -0.118. The lowest BCUT2D eigenvalue weighted by Gasteiger charge is -2.12. The monoisotopic (exact) mass is 570 g/mol. The summed E-state index contributed by atoms with van der Waals surface area (Å²) < 4.78 is 12.1.